The third-order valence-corrected chi connectivity index (χ3v) is 3.11. The molecular weight excluding hydrogens is 204 g/mol. The Hall–Kier alpha value is -0.700. The second kappa shape index (κ2) is 15.3. The zero-order chi connectivity index (χ0) is 12.6. The number of rotatable bonds is 11. The van der Waals surface area contributed by atoms with Crippen LogP contribution in [-0.4, -0.2) is 0 Å². The molecule has 0 unspecified atom stereocenters. The summed E-state index contributed by atoms with van der Waals surface area (Å²) in [7, 11) is 0. The largest absolute Gasteiger partial charge is 0.0985 e. The summed E-state index contributed by atoms with van der Waals surface area (Å²) in [6, 6.07) is 0. The van der Waals surface area contributed by atoms with Gasteiger partial charge in [0.15, 0.2) is 0 Å². The van der Waals surface area contributed by atoms with Gasteiger partial charge in [-0.1, -0.05) is 89.6 Å². The molecule has 0 heterocycles. The van der Waals surface area contributed by atoms with Crippen molar-refractivity contribution in [2.24, 2.45) is 0 Å². The summed E-state index contributed by atoms with van der Waals surface area (Å²) >= 11 is 0. The Morgan fingerprint density at radius 3 is 1.71 bits per heavy atom. The standard InChI is InChI=1S/C17H30/c1-3-5-7-9-11-13-15-17-16-14-12-10-8-6-4-2/h3H,1,4,6,8-17H2,2H3. The van der Waals surface area contributed by atoms with E-state index in [9.17, 15) is 0 Å². The normalized spacial score (nSPS) is 9.71. The van der Waals surface area contributed by atoms with Crippen molar-refractivity contribution < 1.29 is 0 Å². The molecule has 0 aromatic rings. The van der Waals surface area contributed by atoms with Crippen LogP contribution in [-0.2, 0) is 0 Å². The molecule has 0 nitrogen and oxygen atoms in total. The highest BCUT2D eigenvalue weighted by Gasteiger charge is 1.92. The van der Waals surface area contributed by atoms with E-state index < -0.39 is 0 Å². The van der Waals surface area contributed by atoms with Crippen LogP contribution in [0.15, 0.2) is 12.7 Å². The van der Waals surface area contributed by atoms with Gasteiger partial charge in [0.2, 0.25) is 0 Å². The van der Waals surface area contributed by atoms with Gasteiger partial charge in [0.25, 0.3) is 0 Å². The average Bonchev–Trinajstić information content (AvgIpc) is 2.35. The first kappa shape index (κ1) is 16.3. The second-order valence-electron chi connectivity index (χ2n) is 4.81. The molecule has 0 aliphatic rings. The average molecular weight is 234 g/mol. The van der Waals surface area contributed by atoms with Crippen LogP contribution < -0.4 is 0 Å². The Balaban J connectivity index is 2.96. The third kappa shape index (κ3) is 15.3. The fourth-order valence-electron chi connectivity index (χ4n) is 2.02. The highest BCUT2D eigenvalue weighted by Crippen LogP contribution is 2.11. The number of hydrogen-bond acceptors (Lipinski definition) is 0. The van der Waals surface area contributed by atoms with Crippen molar-refractivity contribution in [1.29, 1.82) is 0 Å². The van der Waals surface area contributed by atoms with E-state index in [1.54, 1.807) is 6.08 Å². The molecule has 17 heavy (non-hydrogen) atoms. The molecule has 0 fully saturated rings. The highest BCUT2D eigenvalue weighted by atomic mass is 14.0. The lowest BCUT2D eigenvalue weighted by Crippen LogP contribution is -1.81. The van der Waals surface area contributed by atoms with E-state index in [-0.39, 0.29) is 0 Å². The maximum absolute atomic E-state index is 3.58. The molecule has 0 amide bonds. The summed E-state index contributed by atoms with van der Waals surface area (Å²) in [5.41, 5.74) is 0. The van der Waals surface area contributed by atoms with Gasteiger partial charge >= 0.3 is 0 Å². The molecule has 0 aromatic heterocycles. The first-order valence-corrected chi connectivity index (χ1v) is 7.51. The zero-order valence-electron chi connectivity index (χ0n) is 11.8. The Morgan fingerprint density at radius 1 is 0.765 bits per heavy atom. The van der Waals surface area contributed by atoms with Crippen molar-refractivity contribution in [1.82, 2.24) is 0 Å². The molecule has 0 heteroatoms. The molecule has 0 N–H and O–H groups in total. The highest BCUT2D eigenvalue weighted by molar-refractivity contribution is 5.11. The molecule has 98 valence electrons. The van der Waals surface area contributed by atoms with Crippen molar-refractivity contribution in [2.75, 3.05) is 0 Å². The zero-order valence-corrected chi connectivity index (χ0v) is 11.8. The minimum Gasteiger partial charge on any atom is -0.0985 e. The third-order valence-electron chi connectivity index (χ3n) is 3.11. The van der Waals surface area contributed by atoms with Gasteiger partial charge in [-0.05, 0) is 12.5 Å². The van der Waals surface area contributed by atoms with Gasteiger partial charge in [0.05, 0.1) is 0 Å². The van der Waals surface area contributed by atoms with Crippen LogP contribution >= 0.6 is 0 Å². The van der Waals surface area contributed by atoms with Crippen LogP contribution in [0.5, 0.6) is 0 Å². The summed E-state index contributed by atoms with van der Waals surface area (Å²) in [5, 5.41) is 0. The Bertz CT molecular complexity index is 204. The van der Waals surface area contributed by atoms with Crippen molar-refractivity contribution in [3.05, 3.63) is 12.7 Å². The van der Waals surface area contributed by atoms with Crippen LogP contribution in [0.4, 0.5) is 0 Å². The van der Waals surface area contributed by atoms with E-state index in [4.69, 9.17) is 0 Å². The van der Waals surface area contributed by atoms with E-state index >= 15 is 0 Å². The first-order valence-electron chi connectivity index (χ1n) is 7.51. The minimum absolute atomic E-state index is 1.04. The maximum atomic E-state index is 3.58. The summed E-state index contributed by atoms with van der Waals surface area (Å²) in [6.45, 7) is 5.86. The predicted octanol–water partition coefficient (Wildman–Crippen LogP) is 5.88. The smallest absolute Gasteiger partial charge is 0.00922 e. The SMILES string of the molecule is C=CC#CCCCCCCCCCCCCC. The molecule has 0 spiro atoms. The number of allylic oxidation sites excluding steroid dienone is 1. The molecule has 0 aliphatic carbocycles. The van der Waals surface area contributed by atoms with Gasteiger partial charge in [-0.25, -0.2) is 0 Å². The van der Waals surface area contributed by atoms with Crippen LogP contribution in [0.25, 0.3) is 0 Å². The number of hydrogen-bond donors (Lipinski definition) is 0. The Labute approximate surface area is 109 Å². The van der Waals surface area contributed by atoms with E-state index in [0.717, 1.165) is 6.42 Å². The van der Waals surface area contributed by atoms with E-state index in [1.165, 1.54) is 70.6 Å². The van der Waals surface area contributed by atoms with Crippen LogP contribution in [0.1, 0.15) is 84.0 Å². The topological polar surface area (TPSA) is 0 Å². The molecule has 0 radical (unpaired) electrons. The van der Waals surface area contributed by atoms with Crippen LogP contribution in [0.2, 0.25) is 0 Å². The van der Waals surface area contributed by atoms with Crippen molar-refractivity contribution in [3.8, 4) is 11.8 Å². The molecule has 0 atom stereocenters. The summed E-state index contributed by atoms with van der Waals surface area (Å²) < 4.78 is 0. The fourth-order valence-corrected chi connectivity index (χ4v) is 2.02. The van der Waals surface area contributed by atoms with Crippen molar-refractivity contribution in [2.45, 2.75) is 84.0 Å². The van der Waals surface area contributed by atoms with Gasteiger partial charge in [-0.15, -0.1) is 0 Å². The Kier molecular flexibility index (Phi) is 14.7. The van der Waals surface area contributed by atoms with Crippen LogP contribution in [0.3, 0.4) is 0 Å². The second-order valence-corrected chi connectivity index (χ2v) is 4.81. The van der Waals surface area contributed by atoms with Crippen molar-refractivity contribution in [3.63, 3.8) is 0 Å². The first-order chi connectivity index (χ1) is 8.41. The fraction of sp³-hybridized carbons (Fsp3) is 0.765. The molecule has 0 aromatic carbocycles. The summed E-state index contributed by atoms with van der Waals surface area (Å²) in [5.74, 6) is 6.00. The summed E-state index contributed by atoms with van der Waals surface area (Å²) in [6.07, 6.45) is 18.1. The monoisotopic (exact) mass is 234 g/mol. The predicted molar refractivity (Wildman–Crippen MR) is 79.1 cm³/mol. The van der Waals surface area contributed by atoms with Gasteiger partial charge in [0.1, 0.15) is 0 Å². The van der Waals surface area contributed by atoms with Crippen LogP contribution in [0, 0.1) is 11.8 Å². The molecular formula is C17H30. The Morgan fingerprint density at radius 2 is 1.24 bits per heavy atom. The molecule has 0 bridgehead atoms. The molecule has 0 rings (SSSR count). The summed E-state index contributed by atoms with van der Waals surface area (Å²) in [4.78, 5) is 0. The molecule has 0 saturated heterocycles. The lowest BCUT2D eigenvalue weighted by molar-refractivity contribution is 0.551. The van der Waals surface area contributed by atoms with E-state index in [0.29, 0.717) is 0 Å². The van der Waals surface area contributed by atoms with E-state index in [1.807, 2.05) is 0 Å². The molecule has 0 saturated carbocycles. The quantitative estimate of drug-likeness (QED) is 0.309. The van der Waals surface area contributed by atoms with E-state index in [2.05, 4.69) is 25.3 Å². The molecule has 0 aliphatic heterocycles. The van der Waals surface area contributed by atoms with Gasteiger partial charge in [-0.3, -0.25) is 0 Å². The van der Waals surface area contributed by atoms with Gasteiger partial charge < -0.3 is 0 Å². The number of unbranched alkanes of at least 4 members (excludes halogenated alkanes) is 11. The minimum atomic E-state index is 1.04. The maximum Gasteiger partial charge on any atom is 0.00922 e. The van der Waals surface area contributed by atoms with Crippen molar-refractivity contribution >= 4 is 0 Å². The lowest BCUT2D eigenvalue weighted by atomic mass is 10.1. The lowest BCUT2D eigenvalue weighted by Gasteiger charge is -2.01. The van der Waals surface area contributed by atoms with Gasteiger partial charge in [0, 0.05) is 6.42 Å². The van der Waals surface area contributed by atoms with Gasteiger partial charge in [-0.2, -0.15) is 0 Å².